The van der Waals surface area contributed by atoms with E-state index >= 15 is 0 Å². The summed E-state index contributed by atoms with van der Waals surface area (Å²) in [4.78, 5) is 14.3. The minimum Gasteiger partial charge on any atom is -0.389 e. The fourth-order valence-electron chi connectivity index (χ4n) is 0.731. The van der Waals surface area contributed by atoms with Crippen molar-refractivity contribution in [2.45, 2.75) is 13.5 Å². The van der Waals surface area contributed by atoms with Gasteiger partial charge in [-0.25, -0.2) is 4.98 Å². The van der Waals surface area contributed by atoms with Gasteiger partial charge in [-0.15, -0.1) is 11.3 Å². The van der Waals surface area contributed by atoms with E-state index in [1.165, 1.54) is 11.3 Å². The summed E-state index contributed by atoms with van der Waals surface area (Å²) in [5, 5.41) is 11.2. The Morgan fingerprint density at radius 3 is 3.08 bits per heavy atom. The molecule has 0 aliphatic rings. The molecule has 12 heavy (non-hydrogen) atoms. The summed E-state index contributed by atoms with van der Waals surface area (Å²) in [7, 11) is 0. The molecule has 0 aliphatic carbocycles. The lowest BCUT2D eigenvalue weighted by Crippen LogP contribution is -1.81. The van der Waals surface area contributed by atoms with Crippen molar-refractivity contribution < 1.29 is 9.90 Å². The molecule has 0 unspecified atom stereocenters. The van der Waals surface area contributed by atoms with Gasteiger partial charge in [0.2, 0.25) is 0 Å². The highest BCUT2D eigenvalue weighted by molar-refractivity contribution is 7.09. The number of carbonyl (C=O) groups excluding carboxylic acids is 1. The van der Waals surface area contributed by atoms with Crippen molar-refractivity contribution in [2.24, 2.45) is 0 Å². The van der Waals surface area contributed by atoms with Crippen LogP contribution in [-0.2, 0) is 11.4 Å². The summed E-state index contributed by atoms with van der Waals surface area (Å²) in [5.74, 6) is 0. The number of aliphatic hydroxyl groups is 1. The molecule has 0 saturated heterocycles. The summed E-state index contributed by atoms with van der Waals surface area (Å²) in [6.45, 7) is 1.67. The number of thiazole rings is 1. The quantitative estimate of drug-likeness (QED) is 0.566. The normalized spacial score (nSPS) is 11.7. The summed E-state index contributed by atoms with van der Waals surface area (Å²) >= 11 is 1.38. The molecular weight excluding hydrogens is 174 g/mol. The Labute approximate surface area is 74.4 Å². The Morgan fingerprint density at radius 1 is 1.83 bits per heavy atom. The first-order valence-electron chi connectivity index (χ1n) is 3.45. The van der Waals surface area contributed by atoms with Crippen LogP contribution >= 0.6 is 11.3 Å². The molecule has 1 aromatic heterocycles. The standard InChI is InChI=1S/C8H9NO2S/c1-6(3-10)2-7-5-12-8(4-11)9-7/h2-3,5,11H,4H2,1H3/b6-2+. The van der Waals surface area contributed by atoms with Gasteiger partial charge in [0.05, 0.1) is 12.3 Å². The van der Waals surface area contributed by atoms with E-state index in [1.807, 2.05) is 0 Å². The fourth-order valence-corrected chi connectivity index (χ4v) is 1.34. The third kappa shape index (κ3) is 2.25. The molecule has 4 heteroatoms. The van der Waals surface area contributed by atoms with Crippen molar-refractivity contribution >= 4 is 23.7 Å². The van der Waals surface area contributed by atoms with Crippen molar-refractivity contribution in [3.8, 4) is 0 Å². The summed E-state index contributed by atoms with van der Waals surface area (Å²) < 4.78 is 0. The molecule has 1 heterocycles. The van der Waals surface area contributed by atoms with E-state index in [0.717, 1.165) is 12.0 Å². The Kier molecular flexibility index (Phi) is 3.13. The number of aldehydes is 1. The van der Waals surface area contributed by atoms with Gasteiger partial charge >= 0.3 is 0 Å². The minimum atomic E-state index is -0.0430. The number of rotatable bonds is 3. The molecular formula is C8H9NO2S. The van der Waals surface area contributed by atoms with Crippen LogP contribution in [0.25, 0.3) is 6.08 Å². The molecule has 0 atom stereocenters. The molecule has 0 spiro atoms. The molecule has 0 radical (unpaired) electrons. The number of nitrogens with zero attached hydrogens (tertiary/aromatic N) is 1. The average molecular weight is 183 g/mol. The zero-order chi connectivity index (χ0) is 8.97. The lowest BCUT2D eigenvalue weighted by molar-refractivity contribution is -0.104. The second-order valence-electron chi connectivity index (χ2n) is 2.33. The molecule has 1 rings (SSSR count). The number of allylic oxidation sites excluding steroid dienone is 1. The second-order valence-corrected chi connectivity index (χ2v) is 3.27. The lowest BCUT2D eigenvalue weighted by Gasteiger charge is -1.85. The smallest absolute Gasteiger partial charge is 0.145 e. The van der Waals surface area contributed by atoms with Crippen LogP contribution in [0.4, 0.5) is 0 Å². The van der Waals surface area contributed by atoms with Crippen molar-refractivity contribution in [3.63, 3.8) is 0 Å². The number of carbonyl (C=O) groups is 1. The second kappa shape index (κ2) is 4.13. The molecule has 64 valence electrons. The van der Waals surface area contributed by atoms with E-state index in [2.05, 4.69) is 4.98 Å². The van der Waals surface area contributed by atoms with E-state index in [9.17, 15) is 4.79 Å². The third-order valence-electron chi connectivity index (χ3n) is 1.27. The molecule has 3 nitrogen and oxygen atoms in total. The number of aliphatic hydroxyl groups excluding tert-OH is 1. The van der Waals surface area contributed by atoms with Crippen molar-refractivity contribution in [1.29, 1.82) is 0 Å². The molecule has 1 aromatic rings. The number of hydrogen-bond donors (Lipinski definition) is 1. The first-order valence-corrected chi connectivity index (χ1v) is 4.33. The Balaban J connectivity index is 2.82. The predicted octanol–water partition coefficient (Wildman–Crippen LogP) is 1.24. The zero-order valence-electron chi connectivity index (χ0n) is 6.65. The maximum atomic E-state index is 10.2. The monoisotopic (exact) mass is 183 g/mol. The van der Waals surface area contributed by atoms with Gasteiger partial charge in [-0.1, -0.05) is 0 Å². The highest BCUT2D eigenvalue weighted by Crippen LogP contribution is 2.11. The van der Waals surface area contributed by atoms with E-state index in [1.54, 1.807) is 18.4 Å². The van der Waals surface area contributed by atoms with Gasteiger partial charge in [0.1, 0.15) is 11.3 Å². The molecule has 0 bridgehead atoms. The van der Waals surface area contributed by atoms with E-state index in [-0.39, 0.29) is 6.61 Å². The van der Waals surface area contributed by atoms with Crippen LogP contribution in [0, 0.1) is 0 Å². The van der Waals surface area contributed by atoms with Crippen LogP contribution in [0.15, 0.2) is 11.0 Å². The maximum Gasteiger partial charge on any atom is 0.145 e. The van der Waals surface area contributed by atoms with Crippen LogP contribution in [0.1, 0.15) is 17.6 Å². The molecule has 1 N–H and O–H groups in total. The van der Waals surface area contributed by atoms with Gasteiger partial charge in [-0.2, -0.15) is 0 Å². The molecule has 0 aromatic carbocycles. The summed E-state index contributed by atoms with van der Waals surface area (Å²) in [6, 6.07) is 0. The first-order chi connectivity index (χ1) is 5.76. The van der Waals surface area contributed by atoms with Gasteiger partial charge in [-0.3, -0.25) is 4.79 Å². The summed E-state index contributed by atoms with van der Waals surface area (Å²) in [6.07, 6.45) is 2.46. The Morgan fingerprint density at radius 2 is 2.58 bits per heavy atom. The first kappa shape index (κ1) is 9.09. The Hall–Kier alpha value is -1.00. The topological polar surface area (TPSA) is 50.2 Å². The number of hydrogen-bond acceptors (Lipinski definition) is 4. The van der Waals surface area contributed by atoms with Crippen molar-refractivity contribution in [3.05, 3.63) is 21.7 Å². The highest BCUT2D eigenvalue weighted by atomic mass is 32.1. The van der Waals surface area contributed by atoms with Gasteiger partial charge < -0.3 is 5.11 Å². The van der Waals surface area contributed by atoms with E-state index < -0.39 is 0 Å². The largest absolute Gasteiger partial charge is 0.389 e. The van der Waals surface area contributed by atoms with Crippen LogP contribution in [0.5, 0.6) is 0 Å². The van der Waals surface area contributed by atoms with Crippen LogP contribution < -0.4 is 0 Å². The average Bonchev–Trinajstić information content (AvgIpc) is 2.52. The van der Waals surface area contributed by atoms with Crippen LogP contribution in [-0.4, -0.2) is 16.4 Å². The molecule has 0 fully saturated rings. The fraction of sp³-hybridized carbons (Fsp3) is 0.250. The molecule has 0 saturated carbocycles. The third-order valence-corrected chi connectivity index (χ3v) is 2.12. The predicted molar refractivity (Wildman–Crippen MR) is 47.8 cm³/mol. The van der Waals surface area contributed by atoms with Crippen molar-refractivity contribution in [1.82, 2.24) is 4.98 Å². The van der Waals surface area contributed by atoms with Crippen molar-refractivity contribution in [2.75, 3.05) is 0 Å². The molecule has 0 aliphatic heterocycles. The van der Waals surface area contributed by atoms with Gasteiger partial charge in [0.25, 0.3) is 0 Å². The SMILES string of the molecule is C/C(C=O)=C\c1csc(CO)n1. The minimum absolute atomic E-state index is 0.0430. The molecule has 0 amide bonds. The maximum absolute atomic E-state index is 10.2. The van der Waals surface area contributed by atoms with E-state index in [0.29, 0.717) is 10.6 Å². The van der Waals surface area contributed by atoms with Gasteiger partial charge in [0, 0.05) is 5.38 Å². The van der Waals surface area contributed by atoms with E-state index in [4.69, 9.17) is 5.11 Å². The zero-order valence-corrected chi connectivity index (χ0v) is 7.47. The Bertz CT molecular complexity index is 304. The van der Waals surface area contributed by atoms with Crippen LogP contribution in [0.3, 0.4) is 0 Å². The van der Waals surface area contributed by atoms with Gasteiger partial charge in [0.15, 0.2) is 0 Å². The van der Waals surface area contributed by atoms with Crippen LogP contribution in [0.2, 0.25) is 0 Å². The van der Waals surface area contributed by atoms with Gasteiger partial charge in [-0.05, 0) is 18.6 Å². The lowest BCUT2D eigenvalue weighted by atomic mass is 10.3. The number of aromatic nitrogens is 1. The summed E-state index contributed by atoms with van der Waals surface area (Å²) in [5.41, 5.74) is 1.36. The highest BCUT2D eigenvalue weighted by Gasteiger charge is 1.97.